The first-order chi connectivity index (χ1) is 11.6. The van der Waals surface area contributed by atoms with Crippen LogP contribution in [0.5, 0.6) is 0 Å². The summed E-state index contributed by atoms with van der Waals surface area (Å²) in [6.45, 7) is 2.94. The van der Waals surface area contributed by atoms with Crippen molar-refractivity contribution in [2.24, 2.45) is 0 Å². The van der Waals surface area contributed by atoms with Gasteiger partial charge in [0, 0.05) is 24.8 Å². The van der Waals surface area contributed by atoms with Gasteiger partial charge in [0.15, 0.2) is 0 Å². The molecule has 1 heterocycles. The van der Waals surface area contributed by atoms with Gasteiger partial charge >= 0.3 is 0 Å². The van der Waals surface area contributed by atoms with Gasteiger partial charge < -0.3 is 15.0 Å². The Kier molecular flexibility index (Phi) is 4.83. The number of hydrogen-bond donors (Lipinski definition) is 2. The highest BCUT2D eigenvalue weighted by molar-refractivity contribution is 6.33. The third kappa shape index (κ3) is 3.27. The van der Waals surface area contributed by atoms with E-state index in [1.54, 1.807) is 19.2 Å². The van der Waals surface area contributed by atoms with Crippen molar-refractivity contribution in [1.29, 1.82) is 0 Å². The van der Waals surface area contributed by atoms with Gasteiger partial charge in [-0.25, -0.2) is 4.98 Å². The first-order valence-electron chi connectivity index (χ1n) is 7.62. The van der Waals surface area contributed by atoms with Crippen LogP contribution in [-0.4, -0.2) is 36.1 Å². The lowest BCUT2D eigenvalue weighted by Crippen LogP contribution is -2.26. The van der Waals surface area contributed by atoms with Gasteiger partial charge in [-0.1, -0.05) is 23.7 Å². The molecule has 0 spiro atoms. The van der Waals surface area contributed by atoms with Crippen molar-refractivity contribution in [2.75, 3.05) is 20.3 Å². The maximum atomic E-state index is 12.1. The van der Waals surface area contributed by atoms with Gasteiger partial charge in [0.2, 0.25) is 0 Å². The number of aryl methyl sites for hydroxylation is 1. The maximum absolute atomic E-state index is 12.1. The first kappa shape index (κ1) is 16.5. The van der Waals surface area contributed by atoms with Crippen molar-refractivity contribution < 1.29 is 9.53 Å². The van der Waals surface area contributed by atoms with E-state index in [4.69, 9.17) is 16.3 Å². The predicted molar refractivity (Wildman–Crippen MR) is 95.5 cm³/mol. The third-order valence-corrected chi connectivity index (χ3v) is 4.11. The number of nitrogens with one attached hydrogen (secondary N) is 2. The number of aromatic amines is 1. The number of methoxy groups -OCH3 is 1. The second-order valence-corrected chi connectivity index (χ2v) is 5.90. The number of aromatic nitrogens is 2. The van der Waals surface area contributed by atoms with Gasteiger partial charge in [-0.3, -0.25) is 4.79 Å². The lowest BCUT2D eigenvalue weighted by molar-refractivity contribution is 0.0937. The van der Waals surface area contributed by atoms with Crippen molar-refractivity contribution in [3.63, 3.8) is 0 Å². The molecule has 0 bridgehead atoms. The largest absolute Gasteiger partial charge is 0.383 e. The van der Waals surface area contributed by atoms with E-state index < -0.39 is 0 Å². The van der Waals surface area contributed by atoms with Gasteiger partial charge in [-0.05, 0) is 36.8 Å². The summed E-state index contributed by atoms with van der Waals surface area (Å²) in [5.41, 5.74) is 4.08. The van der Waals surface area contributed by atoms with E-state index in [0.29, 0.717) is 29.6 Å². The minimum atomic E-state index is -0.140. The molecule has 6 heteroatoms. The van der Waals surface area contributed by atoms with Crippen LogP contribution in [0.1, 0.15) is 15.9 Å². The number of imidazole rings is 1. The monoisotopic (exact) mass is 343 g/mol. The van der Waals surface area contributed by atoms with Crippen LogP contribution in [0.15, 0.2) is 36.4 Å². The number of amides is 1. The number of H-pyrrole nitrogens is 1. The molecule has 1 aromatic heterocycles. The van der Waals surface area contributed by atoms with Crippen molar-refractivity contribution in [1.82, 2.24) is 15.3 Å². The van der Waals surface area contributed by atoms with Crippen LogP contribution in [0.25, 0.3) is 22.4 Å². The number of rotatable bonds is 5. The van der Waals surface area contributed by atoms with Crippen molar-refractivity contribution in [2.45, 2.75) is 6.92 Å². The van der Waals surface area contributed by atoms with Gasteiger partial charge in [0.05, 0.1) is 22.7 Å². The van der Waals surface area contributed by atoms with Crippen LogP contribution in [0.4, 0.5) is 0 Å². The Hall–Kier alpha value is -2.37. The highest BCUT2D eigenvalue weighted by atomic mass is 35.5. The SMILES string of the molecule is COCCNC(=O)c1ccc2nc(-c3c(C)cccc3Cl)[nH]c2c1. The molecular formula is C18H18ClN3O2. The number of benzene rings is 2. The summed E-state index contributed by atoms with van der Waals surface area (Å²) >= 11 is 6.31. The molecule has 0 fully saturated rings. The number of ether oxygens (including phenoxy) is 1. The maximum Gasteiger partial charge on any atom is 0.251 e. The number of carbonyl (C=O) groups excluding carboxylic acids is 1. The number of hydrogen-bond acceptors (Lipinski definition) is 3. The van der Waals surface area contributed by atoms with Gasteiger partial charge in [0.1, 0.15) is 5.82 Å². The van der Waals surface area contributed by atoms with Crippen LogP contribution in [0, 0.1) is 6.92 Å². The summed E-state index contributed by atoms with van der Waals surface area (Å²) in [5, 5.41) is 3.45. The highest BCUT2D eigenvalue weighted by Gasteiger charge is 2.13. The lowest BCUT2D eigenvalue weighted by Gasteiger charge is -2.04. The molecule has 0 saturated carbocycles. The van der Waals surface area contributed by atoms with Crippen LogP contribution in [0.3, 0.4) is 0 Å². The van der Waals surface area contributed by atoms with Crippen molar-refractivity contribution >= 4 is 28.5 Å². The van der Waals surface area contributed by atoms with E-state index in [1.807, 2.05) is 31.2 Å². The molecular weight excluding hydrogens is 326 g/mol. The smallest absolute Gasteiger partial charge is 0.251 e. The predicted octanol–water partition coefficient (Wildman–Crippen LogP) is 3.57. The van der Waals surface area contributed by atoms with Crippen LogP contribution >= 0.6 is 11.6 Å². The number of halogens is 1. The zero-order chi connectivity index (χ0) is 17.1. The Bertz CT molecular complexity index is 869. The number of nitrogens with zero attached hydrogens (tertiary/aromatic N) is 1. The minimum absolute atomic E-state index is 0.140. The summed E-state index contributed by atoms with van der Waals surface area (Å²) in [6, 6.07) is 11.1. The van der Waals surface area contributed by atoms with Gasteiger partial charge in [-0.2, -0.15) is 0 Å². The summed E-state index contributed by atoms with van der Waals surface area (Å²) in [6.07, 6.45) is 0. The second-order valence-electron chi connectivity index (χ2n) is 5.50. The van der Waals surface area contributed by atoms with Gasteiger partial charge in [-0.15, -0.1) is 0 Å². The summed E-state index contributed by atoms with van der Waals surface area (Å²) in [4.78, 5) is 20.0. The average molecular weight is 344 g/mol. The van der Waals surface area contributed by atoms with E-state index in [0.717, 1.165) is 22.2 Å². The second kappa shape index (κ2) is 7.03. The van der Waals surface area contributed by atoms with Crippen LogP contribution in [0.2, 0.25) is 5.02 Å². The Morgan fingerprint density at radius 2 is 2.17 bits per heavy atom. The molecule has 3 aromatic rings. The van der Waals surface area contributed by atoms with E-state index in [9.17, 15) is 4.79 Å². The molecule has 1 amide bonds. The zero-order valence-corrected chi connectivity index (χ0v) is 14.3. The molecule has 0 aliphatic rings. The molecule has 2 N–H and O–H groups in total. The molecule has 0 radical (unpaired) electrons. The number of fused-ring (bicyclic) bond motifs is 1. The Morgan fingerprint density at radius 1 is 1.33 bits per heavy atom. The molecule has 2 aromatic carbocycles. The summed E-state index contributed by atoms with van der Waals surface area (Å²) < 4.78 is 4.93. The molecule has 24 heavy (non-hydrogen) atoms. The molecule has 0 aliphatic heterocycles. The third-order valence-electron chi connectivity index (χ3n) is 3.79. The number of carbonyl (C=O) groups is 1. The Labute approximate surface area is 145 Å². The van der Waals surface area contributed by atoms with Crippen molar-refractivity contribution in [3.8, 4) is 11.4 Å². The first-order valence-corrected chi connectivity index (χ1v) is 8.00. The molecule has 124 valence electrons. The summed E-state index contributed by atoms with van der Waals surface area (Å²) in [5.74, 6) is 0.559. The van der Waals surface area contributed by atoms with E-state index in [1.165, 1.54) is 0 Å². The Balaban J connectivity index is 1.93. The normalized spacial score (nSPS) is 11.0. The quantitative estimate of drug-likeness (QED) is 0.696. The van der Waals surface area contributed by atoms with E-state index in [-0.39, 0.29) is 5.91 Å². The highest BCUT2D eigenvalue weighted by Crippen LogP contribution is 2.30. The minimum Gasteiger partial charge on any atom is -0.383 e. The molecule has 0 aliphatic carbocycles. The topological polar surface area (TPSA) is 67.0 Å². The van der Waals surface area contributed by atoms with Crippen LogP contribution in [-0.2, 0) is 4.74 Å². The fourth-order valence-corrected chi connectivity index (χ4v) is 2.88. The summed E-state index contributed by atoms with van der Waals surface area (Å²) in [7, 11) is 1.60. The van der Waals surface area contributed by atoms with Gasteiger partial charge in [0.25, 0.3) is 5.91 Å². The van der Waals surface area contributed by atoms with Crippen LogP contribution < -0.4 is 5.32 Å². The zero-order valence-electron chi connectivity index (χ0n) is 13.5. The molecule has 3 rings (SSSR count). The van der Waals surface area contributed by atoms with E-state index >= 15 is 0 Å². The average Bonchev–Trinajstić information content (AvgIpc) is 2.97. The standard InChI is InChI=1S/C18H18ClN3O2/c1-11-4-3-5-13(19)16(11)17-21-14-7-6-12(10-15(14)22-17)18(23)20-8-9-24-2/h3-7,10H,8-9H2,1-2H3,(H,20,23)(H,21,22). The molecule has 5 nitrogen and oxygen atoms in total. The molecule has 0 saturated heterocycles. The fourth-order valence-electron chi connectivity index (χ4n) is 2.57. The molecule has 0 atom stereocenters. The van der Waals surface area contributed by atoms with E-state index in [2.05, 4.69) is 15.3 Å². The molecule has 0 unspecified atom stereocenters. The fraction of sp³-hybridized carbons (Fsp3) is 0.222. The Morgan fingerprint density at radius 3 is 2.92 bits per heavy atom. The lowest BCUT2D eigenvalue weighted by atomic mass is 10.1. The van der Waals surface area contributed by atoms with Crippen molar-refractivity contribution in [3.05, 3.63) is 52.5 Å².